The number of amides is 2. The van der Waals surface area contributed by atoms with Crippen molar-refractivity contribution in [2.24, 2.45) is 4.99 Å². The quantitative estimate of drug-likeness (QED) is 0.285. The van der Waals surface area contributed by atoms with Gasteiger partial charge in [-0.3, -0.25) is 19.3 Å². The van der Waals surface area contributed by atoms with Crippen LogP contribution in [0.4, 0.5) is 0 Å². The van der Waals surface area contributed by atoms with Crippen LogP contribution < -0.4 is 9.47 Å². The molecule has 0 atom stereocenters. The van der Waals surface area contributed by atoms with Crippen molar-refractivity contribution >= 4 is 46.7 Å². The third-order valence-corrected chi connectivity index (χ3v) is 6.67. The summed E-state index contributed by atoms with van der Waals surface area (Å²) >= 11 is 1.10. The first-order chi connectivity index (χ1) is 18.4. The molecule has 0 aliphatic carbocycles. The molecule has 1 heterocycles. The molecule has 0 unspecified atom stereocenters. The summed E-state index contributed by atoms with van der Waals surface area (Å²) in [4.78, 5) is 44.8. The van der Waals surface area contributed by atoms with E-state index in [9.17, 15) is 14.4 Å². The van der Waals surface area contributed by atoms with E-state index in [4.69, 9.17) is 9.47 Å². The van der Waals surface area contributed by atoms with Crippen molar-refractivity contribution < 1.29 is 23.9 Å². The number of rotatable bonds is 8. The van der Waals surface area contributed by atoms with E-state index >= 15 is 0 Å². The van der Waals surface area contributed by atoms with Gasteiger partial charge in [-0.05, 0) is 59.3 Å². The maximum Gasteiger partial charge on any atom is 0.267 e. The van der Waals surface area contributed by atoms with Crippen molar-refractivity contribution in [2.45, 2.75) is 6.92 Å². The van der Waals surface area contributed by atoms with Gasteiger partial charge in [0.05, 0.1) is 25.7 Å². The number of aliphatic imine (C=N–C) groups is 1. The maximum absolute atomic E-state index is 13.6. The van der Waals surface area contributed by atoms with Gasteiger partial charge in [0.25, 0.3) is 5.91 Å². The van der Waals surface area contributed by atoms with Crippen LogP contribution in [0.15, 0.2) is 94.3 Å². The van der Waals surface area contributed by atoms with Gasteiger partial charge in [-0.2, -0.15) is 4.99 Å². The zero-order valence-electron chi connectivity index (χ0n) is 21.2. The van der Waals surface area contributed by atoms with Gasteiger partial charge in [0, 0.05) is 18.1 Å². The van der Waals surface area contributed by atoms with E-state index in [0.717, 1.165) is 22.9 Å². The zero-order valence-corrected chi connectivity index (χ0v) is 22.0. The Morgan fingerprint density at radius 3 is 2.00 bits per heavy atom. The summed E-state index contributed by atoms with van der Waals surface area (Å²) in [5.41, 5.74) is 2.42. The highest BCUT2D eigenvalue weighted by molar-refractivity contribution is 8.18. The van der Waals surface area contributed by atoms with Gasteiger partial charge >= 0.3 is 0 Å². The molecule has 0 spiro atoms. The summed E-state index contributed by atoms with van der Waals surface area (Å²) < 4.78 is 10.4. The van der Waals surface area contributed by atoms with Crippen LogP contribution in [0.5, 0.6) is 11.5 Å². The van der Waals surface area contributed by atoms with Crippen molar-refractivity contribution in [3.8, 4) is 11.5 Å². The molecule has 1 saturated heterocycles. The molecule has 4 rings (SSSR count). The van der Waals surface area contributed by atoms with Crippen molar-refractivity contribution in [1.29, 1.82) is 0 Å². The van der Waals surface area contributed by atoms with E-state index in [1.807, 2.05) is 30.3 Å². The fraction of sp³-hybridized carbons (Fsp3) is 0.133. The van der Waals surface area contributed by atoms with E-state index in [1.165, 1.54) is 11.8 Å². The van der Waals surface area contributed by atoms with Gasteiger partial charge < -0.3 is 9.47 Å². The number of carbonyl (C=O) groups is 3. The minimum Gasteiger partial charge on any atom is -0.497 e. The van der Waals surface area contributed by atoms with E-state index in [1.54, 1.807) is 74.9 Å². The summed E-state index contributed by atoms with van der Waals surface area (Å²) in [7, 11) is 3.17. The lowest BCUT2D eigenvalue weighted by Gasteiger charge is -2.17. The van der Waals surface area contributed by atoms with E-state index in [0.29, 0.717) is 27.5 Å². The summed E-state index contributed by atoms with van der Waals surface area (Å²) in [5.74, 6) is 0.381. The molecule has 8 heteroatoms. The molecule has 0 radical (unpaired) electrons. The van der Waals surface area contributed by atoms with Crippen LogP contribution in [-0.4, -0.2) is 48.4 Å². The fourth-order valence-corrected chi connectivity index (χ4v) is 4.77. The number of hydrogen-bond acceptors (Lipinski definition) is 6. The number of Topliss-reactive ketones (excluding diaryl/α,β-unsaturated/α-hetero) is 1. The number of ether oxygens (including phenoxy) is 2. The summed E-state index contributed by atoms with van der Waals surface area (Å²) in [6, 6.07) is 23.4. The Morgan fingerprint density at radius 2 is 1.45 bits per heavy atom. The maximum atomic E-state index is 13.6. The molecule has 1 aliphatic heterocycles. The Bertz CT molecular complexity index is 1430. The first-order valence-electron chi connectivity index (χ1n) is 11.8. The molecule has 0 aromatic heterocycles. The Morgan fingerprint density at radius 1 is 0.868 bits per heavy atom. The monoisotopic (exact) mass is 526 g/mol. The van der Waals surface area contributed by atoms with Gasteiger partial charge in [0.15, 0.2) is 11.0 Å². The largest absolute Gasteiger partial charge is 0.497 e. The Balaban J connectivity index is 1.71. The van der Waals surface area contributed by atoms with Crippen LogP contribution in [0.25, 0.3) is 12.2 Å². The van der Waals surface area contributed by atoms with Crippen LogP contribution in [-0.2, 0) is 9.59 Å². The lowest BCUT2D eigenvalue weighted by molar-refractivity contribution is -0.121. The fourth-order valence-electron chi connectivity index (χ4n) is 3.75. The number of carbonyl (C=O) groups excluding carboxylic acids is 3. The second-order valence-corrected chi connectivity index (χ2v) is 9.34. The highest BCUT2D eigenvalue weighted by atomic mass is 32.2. The molecule has 0 N–H and O–H groups in total. The highest BCUT2D eigenvalue weighted by Crippen LogP contribution is 2.34. The number of hydrogen-bond donors (Lipinski definition) is 0. The second-order valence-electron chi connectivity index (χ2n) is 8.33. The number of methoxy groups -OCH3 is 2. The Kier molecular flexibility index (Phi) is 8.55. The molecule has 1 aliphatic rings. The van der Waals surface area contributed by atoms with Crippen molar-refractivity contribution in [2.75, 3.05) is 20.8 Å². The standard InChI is InChI=1S/C30H26N2O5S/c1-20(33)31-30-32(29(35)27(38-30)18-22-11-15-26(37-3)16-12-22)19-24(28(34)23-7-5-4-6-8-23)17-21-9-13-25(36-2)14-10-21/h4-18H,19H2,1-3H3/b24-17-,27-18-,31-30?. The molecule has 3 aromatic rings. The average Bonchev–Trinajstić information content (AvgIpc) is 3.21. The first-order valence-corrected chi connectivity index (χ1v) is 12.6. The molecular formula is C30H26N2O5S. The molecule has 0 saturated carbocycles. The molecular weight excluding hydrogens is 500 g/mol. The molecule has 192 valence electrons. The average molecular weight is 527 g/mol. The smallest absolute Gasteiger partial charge is 0.267 e. The highest BCUT2D eigenvalue weighted by Gasteiger charge is 2.35. The normalized spacial score (nSPS) is 15.7. The summed E-state index contributed by atoms with van der Waals surface area (Å²) in [5, 5.41) is 0.226. The van der Waals surface area contributed by atoms with E-state index < -0.39 is 5.91 Å². The van der Waals surface area contributed by atoms with Gasteiger partial charge in [-0.1, -0.05) is 54.6 Å². The number of ketones is 1. The predicted molar refractivity (Wildman–Crippen MR) is 150 cm³/mol. The van der Waals surface area contributed by atoms with Gasteiger partial charge in [-0.15, -0.1) is 0 Å². The third kappa shape index (κ3) is 6.46. The first kappa shape index (κ1) is 26.6. The Labute approximate surface area is 225 Å². The minimum absolute atomic E-state index is 0.0579. The topological polar surface area (TPSA) is 85.3 Å². The number of amidine groups is 1. The van der Waals surface area contributed by atoms with E-state index in [2.05, 4.69) is 4.99 Å². The molecule has 38 heavy (non-hydrogen) atoms. The molecule has 7 nitrogen and oxygen atoms in total. The van der Waals surface area contributed by atoms with Crippen molar-refractivity contribution in [3.63, 3.8) is 0 Å². The summed E-state index contributed by atoms with van der Waals surface area (Å²) in [6.07, 6.45) is 3.47. The van der Waals surface area contributed by atoms with Crippen molar-refractivity contribution in [3.05, 3.63) is 106 Å². The van der Waals surface area contributed by atoms with Crippen LogP contribution in [0, 0.1) is 0 Å². The third-order valence-electron chi connectivity index (χ3n) is 5.67. The SMILES string of the molecule is COc1ccc(/C=C(/CN2C(=O)/C(=C/c3ccc(OC)cc3)SC2=NC(C)=O)C(=O)c2ccccc2)cc1. The van der Waals surface area contributed by atoms with Crippen LogP contribution in [0.1, 0.15) is 28.4 Å². The van der Waals surface area contributed by atoms with Gasteiger partial charge in [0.1, 0.15) is 11.5 Å². The summed E-state index contributed by atoms with van der Waals surface area (Å²) in [6.45, 7) is 1.27. The van der Waals surface area contributed by atoms with Crippen LogP contribution in [0.2, 0.25) is 0 Å². The molecule has 1 fully saturated rings. The molecule has 2 amide bonds. The Hall–Kier alpha value is -4.43. The predicted octanol–water partition coefficient (Wildman–Crippen LogP) is 5.49. The van der Waals surface area contributed by atoms with Crippen LogP contribution in [0.3, 0.4) is 0 Å². The van der Waals surface area contributed by atoms with E-state index in [-0.39, 0.29) is 23.4 Å². The lowest BCUT2D eigenvalue weighted by Crippen LogP contribution is -2.33. The zero-order chi connectivity index (χ0) is 27.1. The van der Waals surface area contributed by atoms with Gasteiger partial charge in [0.2, 0.25) is 5.91 Å². The molecule has 3 aromatic carbocycles. The minimum atomic E-state index is -0.439. The number of nitrogens with zero attached hydrogens (tertiary/aromatic N) is 2. The number of benzene rings is 3. The number of thioether (sulfide) groups is 1. The van der Waals surface area contributed by atoms with Crippen LogP contribution >= 0.6 is 11.8 Å². The molecule has 0 bridgehead atoms. The second kappa shape index (κ2) is 12.2. The van der Waals surface area contributed by atoms with Crippen molar-refractivity contribution in [1.82, 2.24) is 4.90 Å². The lowest BCUT2D eigenvalue weighted by atomic mass is 10.0. The van der Waals surface area contributed by atoms with Gasteiger partial charge in [-0.25, -0.2) is 0 Å².